The van der Waals surface area contributed by atoms with Crippen molar-refractivity contribution >= 4 is 5.69 Å². The predicted octanol–water partition coefficient (Wildman–Crippen LogP) is 2.80. The minimum atomic E-state index is -0.855. The van der Waals surface area contributed by atoms with E-state index in [1.54, 1.807) is 18.2 Å². The summed E-state index contributed by atoms with van der Waals surface area (Å²) in [6, 6.07) is 9.01. The van der Waals surface area contributed by atoms with E-state index < -0.39 is 16.4 Å². The molecule has 5 heteroatoms. The summed E-state index contributed by atoms with van der Waals surface area (Å²) in [4.78, 5) is 13.7. The summed E-state index contributed by atoms with van der Waals surface area (Å²) in [5, 5.41) is 10.6. The lowest BCUT2D eigenvalue weighted by Gasteiger charge is -2.02. The molecule has 2 rings (SSSR count). The molecule has 16 heavy (non-hydrogen) atoms. The molecule has 0 saturated heterocycles. The molecule has 0 bridgehead atoms. The van der Waals surface area contributed by atoms with E-state index in [0.29, 0.717) is 5.69 Å². The molecule has 0 unspecified atom stereocenters. The first-order valence-electron chi connectivity index (χ1n) is 4.54. The third kappa shape index (κ3) is 1.75. The number of nitro benzene ring substituents is 1. The summed E-state index contributed by atoms with van der Waals surface area (Å²) in [6.45, 7) is 0. The van der Waals surface area contributed by atoms with E-state index in [1.165, 1.54) is 18.3 Å². The van der Waals surface area contributed by atoms with Crippen molar-refractivity contribution in [2.24, 2.45) is 0 Å². The third-order valence-electron chi connectivity index (χ3n) is 2.12. The number of rotatable bonds is 2. The van der Waals surface area contributed by atoms with E-state index in [1.807, 2.05) is 0 Å². The molecule has 0 spiro atoms. The molecule has 1 heterocycles. The van der Waals surface area contributed by atoms with Crippen molar-refractivity contribution in [3.8, 4) is 11.3 Å². The molecule has 0 saturated carbocycles. The first kappa shape index (κ1) is 10.2. The Balaban J connectivity index is 2.59. The maximum atomic E-state index is 13.7. The van der Waals surface area contributed by atoms with Crippen LogP contribution in [0.25, 0.3) is 11.3 Å². The zero-order valence-electron chi connectivity index (χ0n) is 8.13. The lowest BCUT2D eigenvalue weighted by molar-refractivity contribution is -0.387. The van der Waals surface area contributed by atoms with Crippen LogP contribution in [0.5, 0.6) is 0 Å². The molecule has 0 N–H and O–H groups in total. The number of nitro groups is 1. The van der Waals surface area contributed by atoms with Gasteiger partial charge in [-0.15, -0.1) is 0 Å². The van der Waals surface area contributed by atoms with Crippen molar-refractivity contribution in [3.05, 3.63) is 58.5 Å². The van der Waals surface area contributed by atoms with Crippen molar-refractivity contribution in [1.82, 2.24) is 4.98 Å². The van der Waals surface area contributed by atoms with Gasteiger partial charge in [-0.25, -0.2) is 0 Å². The number of benzene rings is 1. The number of hydrogen-bond acceptors (Lipinski definition) is 3. The van der Waals surface area contributed by atoms with Gasteiger partial charge in [0.25, 0.3) is 0 Å². The van der Waals surface area contributed by atoms with E-state index in [4.69, 9.17) is 0 Å². The van der Waals surface area contributed by atoms with Crippen molar-refractivity contribution in [2.45, 2.75) is 0 Å². The molecule has 0 aliphatic heterocycles. The molecule has 0 aliphatic carbocycles. The summed E-state index contributed by atoms with van der Waals surface area (Å²) in [6.07, 6.45) is 1.51. The molecule has 0 amide bonds. The molecule has 0 fully saturated rings. The average molecular weight is 218 g/mol. The first-order chi connectivity index (χ1) is 7.70. The summed E-state index contributed by atoms with van der Waals surface area (Å²) in [7, 11) is 0. The highest BCUT2D eigenvalue weighted by molar-refractivity contribution is 5.63. The van der Waals surface area contributed by atoms with Crippen molar-refractivity contribution < 1.29 is 9.31 Å². The second-order valence-electron chi connectivity index (χ2n) is 3.11. The van der Waals surface area contributed by atoms with Crippen LogP contribution in [-0.2, 0) is 0 Å². The Morgan fingerprint density at radius 3 is 2.62 bits per heavy atom. The SMILES string of the molecule is O=[N+]([O-])c1cccc(-c2ccccn2)c1F. The number of aromatic nitrogens is 1. The standard InChI is InChI=1S/C11H7FN2O2/c12-11-8(9-5-1-2-7-13-9)4-3-6-10(11)14(15)16/h1-7H. The van der Waals surface area contributed by atoms with Gasteiger partial charge in [0.1, 0.15) is 0 Å². The highest BCUT2D eigenvalue weighted by Crippen LogP contribution is 2.27. The van der Waals surface area contributed by atoms with Gasteiger partial charge in [0.05, 0.1) is 10.6 Å². The number of hydrogen-bond donors (Lipinski definition) is 0. The van der Waals surface area contributed by atoms with Gasteiger partial charge >= 0.3 is 5.69 Å². The topological polar surface area (TPSA) is 56.0 Å². The zero-order valence-corrected chi connectivity index (χ0v) is 8.13. The molecule has 1 aromatic heterocycles. The van der Waals surface area contributed by atoms with Crippen LogP contribution in [0.3, 0.4) is 0 Å². The van der Waals surface area contributed by atoms with Crippen LogP contribution >= 0.6 is 0 Å². The quantitative estimate of drug-likeness (QED) is 0.575. The Labute approximate surface area is 90.5 Å². The summed E-state index contributed by atoms with van der Waals surface area (Å²) >= 11 is 0. The second-order valence-corrected chi connectivity index (χ2v) is 3.11. The molecular formula is C11H7FN2O2. The van der Waals surface area contributed by atoms with Crippen molar-refractivity contribution in [1.29, 1.82) is 0 Å². The van der Waals surface area contributed by atoms with Crippen LogP contribution in [0.1, 0.15) is 0 Å². The van der Waals surface area contributed by atoms with E-state index in [9.17, 15) is 14.5 Å². The van der Waals surface area contributed by atoms with Gasteiger partial charge in [-0.05, 0) is 18.2 Å². The van der Waals surface area contributed by atoms with Gasteiger partial charge in [0.15, 0.2) is 0 Å². The van der Waals surface area contributed by atoms with Crippen molar-refractivity contribution in [2.75, 3.05) is 0 Å². The molecular weight excluding hydrogens is 211 g/mol. The van der Waals surface area contributed by atoms with Crippen LogP contribution in [0.15, 0.2) is 42.6 Å². The fraction of sp³-hybridized carbons (Fsp3) is 0. The van der Waals surface area contributed by atoms with Gasteiger partial charge in [-0.2, -0.15) is 4.39 Å². The van der Waals surface area contributed by atoms with Crippen LogP contribution in [0, 0.1) is 15.9 Å². The molecule has 2 aromatic rings. The molecule has 0 atom stereocenters. The van der Waals surface area contributed by atoms with E-state index in [0.717, 1.165) is 6.07 Å². The Kier molecular flexibility index (Phi) is 2.59. The molecule has 4 nitrogen and oxygen atoms in total. The van der Waals surface area contributed by atoms with Crippen LogP contribution < -0.4 is 0 Å². The maximum absolute atomic E-state index is 13.7. The van der Waals surface area contributed by atoms with E-state index in [-0.39, 0.29) is 5.56 Å². The van der Waals surface area contributed by atoms with Gasteiger partial charge in [0.2, 0.25) is 5.82 Å². The van der Waals surface area contributed by atoms with Gasteiger partial charge in [-0.1, -0.05) is 12.1 Å². The molecule has 80 valence electrons. The summed E-state index contributed by atoms with van der Waals surface area (Å²) < 4.78 is 13.7. The van der Waals surface area contributed by atoms with Crippen LogP contribution in [-0.4, -0.2) is 9.91 Å². The minimum Gasteiger partial charge on any atom is -0.258 e. The van der Waals surface area contributed by atoms with E-state index in [2.05, 4.69) is 4.98 Å². The Hall–Kier alpha value is -2.30. The monoisotopic (exact) mass is 218 g/mol. The van der Waals surface area contributed by atoms with Crippen molar-refractivity contribution in [3.63, 3.8) is 0 Å². The van der Waals surface area contributed by atoms with Crippen LogP contribution in [0.2, 0.25) is 0 Å². The highest BCUT2D eigenvalue weighted by atomic mass is 19.1. The average Bonchev–Trinajstić information content (AvgIpc) is 2.30. The Morgan fingerprint density at radius 1 is 1.19 bits per heavy atom. The maximum Gasteiger partial charge on any atom is 0.305 e. The lowest BCUT2D eigenvalue weighted by atomic mass is 10.1. The largest absolute Gasteiger partial charge is 0.305 e. The van der Waals surface area contributed by atoms with Gasteiger partial charge in [-0.3, -0.25) is 15.1 Å². The van der Waals surface area contributed by atoms with Gasteiger partial charge in [0, 0.05) is 17.8 Å². The highest BCUT2D eigenvalue weighted by Gasteiger charge is 2.18. The minimum absolute atomic E-state index is 0.134. The smallest absolute Gasteiger partial charge is 0.258 e. The first-order valence-corrected chi connectivity index (χ1v) is 4.54. The molecule has 0 aliphatic rings. The van der Waals surface area contributed by atoms with Crippen LogP contribution in [0.4, 0.5) is 10.1 Å². The predicted molar refractivity (Wildman–Crippen MR) is 56.3 cm³/mol. The number of pyridine rings is 1. The fourth-order valence-corrected chi connectivity index (χ4v) is 1.38. The van der Waals surface area contributed by atoms with E-state index >= 15 is 0 Å². The fourth-order valence-electron chi connectivity index (χ4n) is 1.38. The normalized spacial score (nSPS) is 10.1. The zero-order chi connectivity index (χ0) is 11.5. The Bertz CT molecular complexity index is 529. The number of nitrogens with zero attached hydrogens (tertiary/aromatic N) is 2. The summed E-state index contributed by atoms with van der Waals surface area (Å²) in [5.41, 5.74) is -0.0262. The van der Waals surface area contributed by atoms with Gasteiger partial charge < -0.3 is 0 Å². The molecule has 0 radical (unpaired) electrons. The molecule has 1 aromatic carbocycles. The summed E-state index contributed by atoms with van der Waals surface area (Å²) in [5.74, 6) is -0.855. The number of halogens is 1. The third-order valence-corrected chi connectivity index (χ3v) is 2.12. The lowest BCUT2D eigenvalue weighted by Crippen LogP contribution is -1.95. The Morgan fingerprint density at radius 2 is 2.00 bits per heavy atom. The second kappa shape index (κ2) is 4.06.